The first-order valence-corrected chi connectivity index (χ1v) is 4.24. The summed E-state index contributed by atoms with van der Waals surface area (Å²) in [5.74, 6) is 0.586. The van der Waals surface area contributed by atoms with E-state index in [9.17, 15) is 0 Å². The van der Waals surface area contributed by atoms with E-state index in [4.69, 9.17) is 5.26 Å². The van der Waals surface area contributed by atoms with Gasteiger partial charge in [0.05, 0.1) is 12.0 Å². The van der Waals surface area contributed by atoms with Crippen LogP contribution in [-0.4, -0.2) is 13.1 Å². The van der Waals surface area contributed by atoms with E-state index in [1.807, 2.05) is 7.05 Å². The summed E-state index contributed by atoms with van der Waals surface area (Å²) < 4.78 is 0. The van der Waals surface area contributed by atoms with Gasteiger partial charge < -0.3 is 5.32 Å². The predicted octanol–water partition coefficient (Wildman–Crippen LogP) is 1.78. The fraction of sp³-hybridized carbons (Fsp3) is 0.889. The summed E-state index contributed by atoms with van der Waals surface area (Å²) in [6.07, 6.45) is 1.02. The molecule has 0 aliphatic rings. The Morgan fingerprint density at radius 1 is 1.45 bits per heavy atom. The van der Waals surface area contributed by atoms with E-state index >= 15 is 0 Å². The van der Waals surface area contributed by atoms with Gasteiger partial charge in [-0.05, 0) is 19.4 Å². The second kappa shape index (κ2) is 5.15. The zero-order chi connectivity index (χ0) is 8.85. The monoisotopic (exact) mass is 154 g/mol. The van der Waals surface area contributed by atoms with Crippen LogP contribution in [0.25, 0.3) is 0 Å². The molecule has 2 unspecified atom stereocenters. The van der Waals surface area contributed by atoms with Crippen molar-refractivity contribution in [2.24, 2.45) is 11.8 Å². The highest BCUT2D eigenvalue weighted by Gasteiger charge is 2.20. The summed E-state index contributed by atoms with van der Waals surface area (Å²) in [5, 5.41) is 12.0. The molecule has 0 aliphatic heterocycles. The van der Waals surface area contributed by atoms with Gasteiger partial charge in [-0.2, -0.15) is 5.26 Å². The summed E-state index contributed by atoms with van der Waals surface area (Å²) in [4.78, 5) is 0. The third kappa shape index (κ3) is 2.90. The van der Waals surface area contributed by atoms with Gasteiger partial charge in [-0.1, -0.05) is 20.8 Å². The normalized spacial score (nSPS) is 16.0. The van der Waals surface area contributed by atoms with Gasteiger partial charge in [0.25, 0.3) is 0 Å². The van der Waals surface area contributed by atoms with Crippen LogP contribution in [0.4, 0.5) is 0 Å². The van der Waals surface area contributed by atoms with Crippen LogP contribution in [0.1, 0.15) is 27.2 Å². The van der Waals surface area contributed by atoms with Gasteiger partial charge in [0, 0.05) is 6.04 Å². The quantitative estimate of drug-likeness (QED) is 0.670. The lowest BCUT2D eigenvalue weighted by Crippen LogP contribution is -2.34. The molecule has 0 aliphatic carbocycles. The minimum absolute atomic E-state index is 0.144. The highest BCUT2D eigenvalue weighted by atomic mass is 14.9. The van der Waals surface area contributed by atoms with Gasteiger partial charge in [-0.3, -0.25) is 0 Å². The van der Waals surface area contributed by atoms with E-state index < -0.39 is 0 Å². The van der Waals surface area contributed by atoms with Crippen molar-refractivity contribution in [1.82, 2.24) is 5.32 Å². The maximum Gasteiger partial charge on any atom is 0.0674 e. The molecule has 0 radical (unpaired) electrons. The highest BCUT2D eigenvalue weighted by molar-refractivity contribution is 4.92. The maximum atomic E-state index is 8.84. The van der Waals surface area contributed by atoms with E-state index in [0.29, 0.717) is 12.0 Å². The zero-order valence-corrected chi connectivity index (χ0v) is 7.89. The molecule has 0 aromatic carbocycles. The molecule has 2 atom stereocenters. The maximum absolute atomic E-state index is 8.84. The molecule has 2 heteroatoms. The summed E-state index contributed by atoms with van der Waals surface area (Å²) in [7, 11) is 1.92. The Labute approximate surface area is 69.6 Å². The number of rotatable bonds is 4. The predicted molar refractivity (Wildman–Crippen MR) is 47.1 cm³/mol. The summed E-state index contributed by atoms with van der Waals surface area (Å²) >= 11 is 0. The van der Waals surface area contributed by atoms with E-state index in [0.717, 1.165) is 6.42 Å². The van der Waals surface area contributed by atoms with Crippen LogP contribution in [-0.2, 0) is 0 Å². The molecule has 0 fully saturated rings. The first-order valence-electron chi connectivity index (χ1n) is 4.24. The van der Waals surface area contributed by atoms with Crippen LogP contribution in [0.15, 0.2) is 0 Å². The van der Waals surface area contributed by atoms with Crippen molar-refractivity contribution in [1.29, 1.82) is 5.26 Å². The smallest absolute Gasteiger partial charge is 0.0674 e. The molecule has 64 valence electrons. The SMILES string of the molecule is CCC(NC)C(C#N)C(C)C. The Hall–Kier alpha value is -0.550. The second-order valence-electron chi connectivity index (χ2n) is 3.20. The van der Waals surface area contributed by atoms with Gasteiger partial charge >= 0.3 is 0 Å². The van der Waals surface area contributed by atoms with E-state index in [-0.39, 0.29) is 5.92 Å². The fourth-order valence-electron chi connectivity index (χ4n) is 1.34. The number of hydrogen-bond acceptors (Lipinski definition) is 2. The topological polar surface area (TPSA) is 35.8 Å². The molecule has 0 saturated carbocycles. The molecule has 0 amide bonds. The molecule has 0 aromatic rings. The molecule has 11 heavy (non-hydrogen) atoms. The summed E-state index contributed by atoms with van der Waals surface area (Å²) in [6, 6.07) is 2.69. The second-order valence-corrected chi connectivity index (χ2v) is 3.20. The average Bonchev–Trinajstić information content (AvgIpc) is 1.99. The lowest BCUT2D eigenvalue weighted by atomic mass is 9.88. The van der Waals surface area contributed by atoms with Gasteiger partial charge in [0.15, 0.2) is 0 Å². The zero-order valence-electron chi connectivity index (χ0n) is 7.89. The Morgan fingerprint density at radius 3 is 2.09 bits per heavy atom. The Morgan fingerprint density at radius 2 is 2.00 bits per heavy atom. The van der Waals surface area contributed by atoms with Gasteiger partial charge in [0.2, 0.25) is 0 Å². The number of nitriles is 1. The summed E-state index contributed by atoms with van der Waals surface area (Å²) in [5.41, 5.74) is 0. The molecule has 2 nitrogen and oxygen atoms in total. The molecule has 0 saturated heterocycles. The number of hydrogen-bond donors (Lipinski definition) is 1. The average molecular weight is 154 g/mol. The van der Waals surface area contributed by atoms with Crippen molar-refractivity contribution in [2.45, 2.75) is 33.2 Å². The lowest BCUT2D eigenvalue weighted by molar-refractivity contribution is 0.348. The van der Waals surface area contributed by atoms with Gasteiger partial charge in [-0.25, -0.2) is 0 Å². The van der Waals surface area contributed by atoms with Gasteiger partial charge in [0.1, 0.15) is 0 Å². The Kier molecular flexibility index (Phi) is 4.89. The molecule has 0 bridgehead atoms. The van der Waals surface area contributed by atoms with Crippen molar-refractivity contribution in [3.63, 3.8) is 0 Å². The van der Waals surface area contributed by atoms with Crippen LogP contribution in [0.3, 0.4) is 0 Å². The van der Waals surface area contributed by atoms with Crippen molar-refractivity contribution < 1.29 is 0 Å². The molecule has 1 N–H and O–H groups in total. The third-order valence-electron chi connectivity index (χ3n) is 2.11. The third-order valence-corrected chi connectivity index (χ3v) is 2.11. The highest BCUT2D eigenvalue weighted by Crippen LogP contribution is 2.16. The first-order chi connectivity index (χ1) is 5.17. The van der Waals surface area contributed by atoms with Crippen molar-refractivity contribution in [2.75, 3.05) is 7.05 Å². The standard InChI is InChI=1S/C9H18N2/c1-5-9(11-4)8(6-10)7(2)3/h7-9,11H,5H2,1-4H3. The molecule has 0 spiro atoms. The largest absolute Gasteiger partial charge is 0.316 e. The molecule has 0 aromatic heterocycles. The van der Waals surface area contributed by atoms with Crippen molar-refractivity contribution in [3.05, 3.63) is 0 Å². The molecular weight excluding hydrogens is 136 g/mol. The van der Waals surface area contributed by atoms with E-state index in [2.05, 4.69) is 32.2 Å². The Balaban J connectivity index is 4.12. The van der Waals surface area contributed by atoms with E-state index in [1.54, 1.807) is 0 Å². The van der Waals surface area contributed by atoms with Crippen LogP contribution < -0.4 is 5.32 Å². The summed E-state index contributed by atoms with van der Waals surface area (Å²) in [6.45, 7) is 6.29. The molecule has 0 heterocycles. The molecule has 0 rings (SSSR count). The van der Waals surface area contributed by atoms with Crippen LogP contribution in [0.2, 0.25) is 0 Å². The van der Waals surface area contributed by atoms with Crippen molar-refractivity contribution >= 4 is 0 Å². The van der Waals surface area contributed by atoms with Crippen LogP contribution in [0.5, 0.6) is 0 Å². The minimum Gasteiger partial charge on any atom is -0.316 e. The Bertz CT molecular complexity index is 131. The van der Waals surface area contributed by atoms with Gasteiger partial charge in [-0.15, -0.1) is 0 Å². The molecular formula is C9H18N2. The lowest BCUT2D eigenvalue weighted by Gasteiger charge is -2.22. The van der Waals surface area contributed by atoms with Crippen LogP contribution in [0, 0.1) is 23.2 Å². The first kappa shape index (κ1) is 10.4. The fourth-order valence-corrected chi connectivity index (χ4v) is 1.34. The van der Waals surface area contributed by atoms with Crippen LogP contribution >= 0.6 is 0 Å². The van der Waals surface area contributed by atoms with Crippen molar-refractivity contribution in [3.8, 4) is 6.07 Å². The van der Waals surface area contributed by atoms with E-state index in [1.165, 1.54) is 0 Å². The number of nitrogens with one attached hydrogen (secondary N) is 1. The minimum atomic E-state index is 0.144. The number of nitrogens with zero attached hydrogens (tertiary/aromatic N) is 1.